The van der Waals surface area contributed by atoms with E-state index in [-0.39, 0.29) is 18.2 Å². The highest BCUT2D eigenvalue weighted by molar-refractivity contribution is 7.88. The highest BCUT2D eigenvalue weighted by Gasteiger charge is 2.35. The van der Waals surface area contributed by atoms with Crippen LogP contribution in [0.15, 0.2) is 30.3 Å². The number of morpholine rings is 1. The minimum absolute atomic E-state index is 0.234. The third-order valence-corrected chi connectivity index (χ3v) is 10.1. The molecule has 3 saturated heterocycles. The molecule has 40 heavy (non-hydrogen) atoms. The highest BCUT2D eigenvalue weighted by atomic mass is 32.2. The largest absolute Gasteiger partial charge is 0.371 e. The number of urea groups is 1. The number of carbonyl (C=O) groups excluding carboxylic acids is 1. The van der Waals surface area contributed by atoms with E-state index in [4.69, 9.17) is 14.7 Å². The van der Waals surface area contributed by atoms with Crippen LogP contribution in [0.3, 0.4) is 0 Å². The van der Waals surface area contributed by atoms with Crippen LogP contribution in [0.25, 0.3) is 21.6 Å². The summed E-state index contributed by atoms with van der Waals surface area (Å²) in [5.74, 6) is 1.60. The van der Waals surface area contributed by atoms with E-state index in [0.717, 1.165) is 54.1 Å². The smallest absolute Gasteiger partial charge is 0.319 e. The molecule has 0 saturated carbocycles. The van der Waals surface area contributed by atoms with Crippen molar-refractivity contribution in [2.45, 2.75) is 38.5 Å². The molecule has 5 heterocycles. The molecule has 0 aliphatic carbocycles. The second kappa shape index (κ2) is 11.2. The molecule has 13 heteroatoms. The Morgan fingerprint density at radius 1 is 1.07 bits per heavy atom. The number of carbonyl (C=O) groups is 1. The molecule has 214 valence electrons. The number of thiophene rings is 1. The van der Waals surface area contributed by atoms with Crippen LogP contribution in [0, 0.1) is 0 Å². The quantitative estimate of drug-likeness (QED) is 0.435. The minimum Gasteiger partial charge on any atom is -0.371 e. The Morgan fingerprint density at radius 2 is 1.77 bits per heavy atom. The van der Waals surface area contributed by atoms with Crippen molar-refractivity contribution in [3.8, 4) is 11.4 Å². The summed E-state index contributed by atoms with van der Waals surface area (Å²) in [6.45, 7) is 7.26. The van der Waals surface area contributed by atoms with Crippen LogP contribution in [0.1, 0.15) is 24.6 Å². The van der Waals surface area contributed by atoms with Gasteiger partial charge in [-0.15, -0.1) is 11.3 Å². The second-order valence-corrected chi connectivity index (χ2v) is 13.8. The molecule has 3 aliphatic heterocycles. The third kappa shape index (κ3) is 5.93. The first-order valence-corrected chi connectivity index (χ1v) is 16.5. The van der Waals surface area contributed by atoms with E-state index in [0.29, 0.717) is 44.2 Å². The molecule has 3 fully saturated rings. The van der Waals surface area contributed by atoms with Crippen molar-refractivity contribution in [2.75, 3.05) is 62.3 Å². The highest BCUT2D eigenvalue weighted by Crippen LogP contribution is 2.38. The molecule has 1 aromatic carbocycles. The number of ether oxygens (including phenoxy) is 1. The van der Waals surface area contributed by atoms with Crippen molar-refractivity contribution in [3.63, 3.8) is 0 Å². The zero-order valence-corrected chi connectivity index (χ0v) is 24.4. The van der Waals surface area contributed by atoms with E-state index in [1.165, 1.54) is 11.1 Å². The summed E-state index contributed by atoms with van der Waals surface area (Å²) in [4.78, 5) is 27.8. The zero-order valence-electron chi connectivity index (χ0n) is 22.8. The van der Waals surface area contributed by atoms with Crippen LogP contribution in [0.4, 0.5) is 16.3 Å². The van der Waals surface area contributed by atoms with Gasteiger partial charge in [-0.3, -0.25) is 4.90 Å². The summed E-state index contributed by atoms with van der Waals surface area (Å²) in [7, 11) is -3.16. The number of amides is 2. The predicted octanol–water partition coefficient (Wildman–Crippen LogP) is 2.94. The molecule has 11 nitrogen and oxygen atoms in total. The molecule has 0 radical (unpaired) electrons. The normalized spacial score (nSPS) is 22.1. The van der Waals surface area contributed by atoms with Crippen molar-refractivity contribution in [3.05, 3.63) is 35.2 Å². The number of fused-ring (bicyclic) bond motifs is 3. The summed E-state index contributed by atoms with van der Waals surface area (Å²) in [6, 6.07) is 9.51. The lowest BCUT2D eigenvalue weighted by molar-refractivity contribution is 0.0303. The van der Waals surface area contributed by atoms with Crippen LogP contribution in [0.2, 0.25) is 0 Å². The SMILES string of the molecule is CCNC(=O)Nc1ccc(-c2nc(N3CC4CCC(C3)O4)c3sc(CN4CCN(S(C)(=O)=O)CC4)cc3n2)cc1. The number of anilines is 2. The summed E-state index contributed by atoms with van der Waals surface area (Å²) in [5.41, 5.74) is 2.50. The monoisotopic (exact) mass is 585 g/mol. The van der Waals surface area contributed by atoms with E-state index in [2.05, 4.69) is 26.5 Å². The number of piperazine rings is 1. The molecule has 2 atom stereocenters. The molecule has 2 bridgehead atoms. The Kier molecular flexibility index (Phi) is 7.66. The number of rotatable bonds is 7. The van der Waals surface area contributed by atoms with E-state index in [1.807, 2.05) is 31.2 Å². The van der Waals surface area contributed by atoms with Gasteiger partial charge in [0.25, 0.3) is 0 Å². The Labute approximate surface area is 238 Å². The molecule has 2 unspecified atom stereocenters. The van der Waals surface area contributed by atoms with Crippen LogP contribution in [-0.2, 0) is 21.3 Å². The zero-order chi connectivity index (χ0) is 27.9. The lowest BCUT2D eigenvalue weighted by atomic mass is 10.2. The van der Waals surface area contributed by atoms with Crippen molar-refractivity contribution in [2.24, 2.45) is 0 Å². The molecular weight excluding hydrogens is 550 g/mol. The Hall–Kier alpha value is -2.84. The Morgan fingerprint density at radius 3 is 2.42 bits per heavy atom. The fourth-order valence-corrected chi connectivity index (χ4v) is 7.63. The fraction of sp³-hybridized carbons (Fsp3) is 0.519. The molecule has 3 aromatic rings. The maximum Gasteiger partial charge on any atom is 0.319 e. The van der Waals surface area contributed by atoms with Crippen molar-refractivity contribution in [1.29, 1.82) is 0 Å². The molecule has 2 N–H and O–H groups in total. The number of benzene rings is 1. The van der Waals surface area contributed by atoms with Gasteiger partial charge in [-0.1, -0.05) is 0 Å². The van der Waals surface area contributed by atoms with Crippen LogP contribution >= 0.6 is 11.3 Å². The average Bonchev–Trinajstić information content (AvgIpc) is 3.49. The number of aromatic nitrogens is 2. The lowest BCUT2D eigenvalue weighted by Gasteiger charge is -2.33. The maximum atomic E-state index is 11.9. The second-order valence-electron chi connectivity index (χ2n) is 10.7. The summed E-state index contributed by atoms with van der Waals surface area (Å²) in [5, 5.41) is 5.57. The minimum atomic E-state index is -3.16. The van der Waals surface area contributed by atoms with Gasteiger partial charge in [0, 0.05) is 68.5 Å². The number of nitrogens with zero attached hydrogens (tertiary/aromatic N) is 5. The van der Waals surface area contributed by atoms with E-state index in [9.17, 15) is 13.2 Å². The Balaban J connectivity index is 1.28. The average molecular weight is 586 g/mol. The van der Waals surface area contributed by atoms with Gasteiger partial charge in [-0.05, 0) is 50.1 Å². The molecule has 2 aromatic heterocycles. The van der Waals surface area contributed by atoms with Gasteiger partial charge in [-0.2, -0.15) is 4.31 Å². The molecular formula is C27H35N7O4S2. The molecule has 6 rings (SSSR count). The first-order chi connectivity index (χ1) is 19.2. The van der Waals surface area contributed by atoms with Gasteiger partial charge in [-0.25, -0.2) is 23.2 Å². The summed E-state index contributed by atoms with van der Waals surface area (Å²) >= 11 is 1.72. The third-order valence-electron chi connectivity index (χ3n) is 7.67. The van der Waals surface area contributed by atoms with Gasteiger partial charge >= 0.3 is 6.03 Å². The van der Waals surface area contributed by atoms with E-state index < -0.39 is 10.0 Å². The molecule has 0 spiro atoms. The van der Waals surface area contributed by atoms with E-state index in [1.54, 1.807) is 15.6 Å². The van der Waals surface area contributed by atoms with Gasteiger partial charge in [0.1, 0.15) is 0 Å². The van der Waals surface area contributed by atoms with Gasteiger partial charge in [0.2, 0.25) is 10.0 Å². The number of hydrogen-bond acceptors (Lipinski definition) is 9. The predicted molar refractivity (Wildman–Crippen MR) is 157 cm³/mol. The topological polar surface area (TPSA) is 120 Å². The first-order valence-electron chi connectivity index (χ1n) is 13.8. The standard InChI is InChI=1S/C27H35N7O4S2/c1-3-28-27(35)29-19-6-4-18(5-7-19)25-30-23-14-22(17-32-10-12-34(13-11-32)40(2,36)37)39-24(23)26(31-25)33-15-20-8-9-21(16-33)38-20/h4-7,14,20-21H,3,8-13,15-17H2,1-2H3,(H2,28,29,35). The van der Waals surface area contributed by atoms with Gasteiger partial charge in [0.05, 0.1) is 28.7 Å². The maximum absolute atomic E-state index is 11.9. The van der Waals surface area contributed by atoms with Crippen LogP contribution < -0.4 is 15.5 Å². The van der Waals surface area contributed by atoms with Gasteiger partial charge in [0.15, 0.2) is 11.6 Å². The van der Waals surface area contributed by atoms with Crippen molar-refractivity contribution in [1.82, 2.24) is 24.5 Å². The van der Waals surface area contributed by atoms with E-state index >= 15 is 0 Å². The number of hydrogen-bond donors (Lipinski definition) is 2. The summed E-state index contributed by atoms with van der Waals surface area (Å²) in [6.07, 6.45) is 3.90. The first kappa shape index (κ1) is 27.3. The van der Waals surface area contributed by atoms with Crippen LogP contribution in [-0.4, -0.2) is 97.9 Å². The lowest BCUT2D eigenvalue weighted by Crippen LogP contribution is -2.47. The Bertz CT molecular complexity index is 1470. The van der Waals surface area contributed by atoms with Crippen molar-refractivity contribution >= 4 is 49.1 Å². The van der Waals surface area contributed by atoms with Crippen LogP contribution in [0.5, 0.6) is 0 Å². The number of nitrogens with one attached hydrogen (secondary N) is 2. The fourth-order valence-electron chi connectivity index (χ4n) is 5.65. The van der Waals surface area contributed by atoms with Gasteiger partial charge < -0.3 is 20.3 Å². The van der Waals surface area contributed by atoms with Crippen molar-refractivity contribution < 1.29 is 17.9 Å². The molecule has 3 aliphatic rings. The summed E-state index contributed by atoms with van der Waals surface area (Å²) < 4.78 is 32.5. The number of sulfonamides is 1. The molecule has 2 amide bonds.